The van der Waals surface area contributed by atoms with E-state index < -0.39 is 70.1 Å². The maximum absolute atomic E-state index is 15.1. The predicted molar refractivity (Wildman–Crippen MR) is 115 cm³/mol. The molecule has 0 aliphatic rings. The van der Waals surface area contributed by atoms with Crippen molar-refractivity contribution < 1.29 is 40.6 Å². The van der Waals surface area contributed by atoms with E-state index in [2.05, 4.69) is 5.10 Å². The fraction of sp³-hybridized carbons (Fsp3) is 0.318. The van der Waals surface area contributed by atoms with Crippen LogP contribution in [0.15, 0.2) is 35.1 Å². The molecule has 2 atom stereocenters. The van der Waals surface area contributed by atoms with Crippen LogP contribution in [0.5, 0.6) is 5.75 Å². The monoisotopic (exact) mass is 518 g/mol. The number of aromatic nitrogens is 3. The molecule has 3 rings (SSSR count). The number of hydrogen-bond donors (Lipinski definition) is 1. The van der Waals surface area contributed by atoms with Gasteiger partial charge in [-0.25, -0.2) is 18.0 Å². The molecule has 14 heteroatoms. The molecule has 0 fully saturated rings. The quantitative estimate of drug-likeness (QED) is 0.472. The lowest BCUT2D eigenvalue weighted by atomic mass is 10.1. The number of alkyl halides is 3. The summed E-state index contributed by atoms with van der Waals surface area (Å²) in [7, 11) is 2.66. The molecule has 1 amide bonds. The van der Waals surface area contributed by atoms with Gasteiger partial charge in [0, 0.05) is 20.2 Å². The highest BCUT2D eigenvalue weighted by atomic mass is 19.4. The number of methoxy groups -OCH3 is 1. The van der Waals surface area contributed by atoms with E-state index in [1.54, 1.807) is 6.92 Å². The largest absolute Gasteiger partial charge is 0.480 e. The molecule has 3 aromatic rings. The highest BCUT2D eigenvalue weighted by Gasteiger charge is 2.39. The number of nitrogens with one attached hydrogen (secondary N) is 1. The summed E-state index contributed by atoms with van der Waals surface area (Å²) >= 11 is 0. The standard InChI is InChI=1S/C22H20F6N4O4/c1-10(35-4)19-30-32(21(34)31(19)3)16-9-17(36-11(2)22(26,27)28)12(8-15(16)25)20(33)29-18-13(23)6-5-7-14(18)24/h5-11H,1-4H3,(H,29,33). The molecule has 2 unspecified atom stereocenters. The molecule has 0 saturated heterocycles. The molecule has 1 N–H and O–H groups in total. The van der Waals surface area contributed by atoms with Crippen LogP contribution < -0.4 is 15.7 Å². The number of anilines is 1. The summed E-state index contributed by atoms with van der Waals surface area (Å²) in [4.78, 5) is 25.4. The van der Waals surface area contributed by atoms with Crippen molar-refractivity contribution >= 4 is 11.6 Å². The highest BCUT2D eigenvalue weighted by Crippen LogP contribution is 2.31. The lowest BCUT2D eigenvalue weighted by Gasteiger charge is -2.20. The number of carbonyl (C=O) groups excluding carboxylic acids is 1. The van der Waals surface area contributed by atoms with Gasteiger partial charge >= 0.3 is 11.9 Å². The Labute approximate surface area is 200 Å². The number of amides is 1. The zero-order valence-electron chi connectivity index (χ0n) is 19.3. The average molecular weight is 518 g/mol. The van der Waals surface area contributed by atoms with E-state index in [1.165, 1.54) is 14.2 Å². The van der Waals surface area contributed by atoms with Gasteiger partial charge in [-0.05, 0) is 32.0 Å². The van der Waals surface area contributed by atoms with E-state index >= 15 is 4.39 Å². The number of halogens is 6. The molecular weight excluding hydrogens is 498 g/mol. The molecule has 194 valence electrons. The summed E-state index contributed by atoms with van der Waals surface area (Å²) < 4.78 is 94.2. The average Bonchev–Trinajstić information content (AvgIpc) is 3.10. The Morgan fingerprint density at radius 2 is 1.69 bits per heavy atom. The molecule has 1 heterocycles. The summed E-state index contributed by atoms with van der Waals surface area (Å²) in [6, 6.07) is 3.83. The van der Waals surface area contributed by atoms with Crippen molar-refractivity contribution in [3.8, 4) is 11.4 Å². The van der Waals surface area contributed by atoms with Crippen LogP contribution in [0.3, 0.4) is 0 Å². The van der Waals surface area contributed by atoms with Gasteiger partial charge in [0.1, 0.15) is 40.7 Å². The number of carbonyl (C=O) groups is 1. The zero-order valence-corrected chi connectivity index (χ0v) is 19.3. The summed E-state index contributed by atoms with van der Waals surface area (Å²) in [5, 5.41) is 5.83. The second-order valence-electron chi connectivity index (χ2n) is 7.64. The third-order valence-corrected chi connectivity index (χ3v) is 5.22. The van der Waals surface area contributed by atoms with Crippen LogP contribution >= 0.6 is 0 Å². The molecule has 0 spiro atoms. The number of benzene rings is 2. The minimum Gasteiger partial charge on any atom is -0.480 e. The first-order valence-corrected chi connectivity index (χ1v) is 10.3. The Hall–Kier alpha value is -3.81. The van der Waals surface area contributed by atoms with Gasteiger partial charge < -0.3 is 14.8 Å². The Balaban J connectivity index is 2.16. The van der Waals surface area contributed by atoms with Gasteiger partial charge in [0.05, 0.1) is 5.56 Å². The van der Waals surface area contributed by atoms with E-state index in [9.17, 15) is 31.5 Å². The number of ether oxygens (including phenoxy) is 2. The summed E-state index contributed by atoms with van der Waals surface area (Å²) in [5.74, 6) is -5.71. The van der Waals surface area contributed by atoms with E-state index in [0.717, 1.165) is 22.8 Å². The first-order valence-electron chi connectivity index (χ1n) is 10.3. The van der Waals surface area contributed by atoms with Crippen molar-refractivity contribution in [2.24, 2.45) is 7.05 Å². The van der Waals surface area contributed by atoms with Crippen molar-refractivity contribution in [2.45, 2.75) is 32.2 Å². The topological polar surface area (TPSA) is 87.4 Å². The lowest BCUT2D eigenvalue weighted by Crippen LogP contribution is -2.32. The number of hydrogen-bond acceptors (Lipinski definition) is 5. The van der Waals surface area contributed by atoms with Crippen LogP contribution in [-0.4, -0.2) is 39.6 Å². The molecule has 8 nitrogen and oxygen atoms in total. The van der Waals surface area contributed by atoms with Crippen LogP contribution in [0.25, 0.3) is 5.69 Å². The Morgan fingerprint density at radius 3 is 2.25 bits per heavy atom. The van der Waals surface area contributed by atoms with Crippen LogP contribution in [0.1, 0.15) is 36.1 Å². The van der Waals surface area contributed by atoms with E-state index in [-0.39, 0.29) is 5.82 Å². The highest BCUT2D eigenvalue weighted by molar-refractivity contribution is 6.06. The van der Waals surface area contributed by atoms with Crippen molar-refractivity contribution in [3.63, 3.8) is 0 Å². The van der Waals surface area contributed by atoms with Crippen molar-refractivity contribution in [2.75, 3.05) is 12.4 Å². The summed E-state index contributed by atoms with van der Waals surface area (Å²) in [6.45, 7) is 2.18. The van der Waals surface area contributed by atoms with Crippen LogP contribution in [0, 0.1) is 17.5 Å². The van der Waals surface area contributed by atoms with Crippen molar-refractivity contribution in [1.82, 2.24) is 14.3 Å². The van der Waals surface area contributed by atoms with Crippen molar-refractivity contribution in [1.29, 1.82) is 0 Å². The molecule has 2 aromatic carbocycles. The predicted octanol–water partition coefficient (Wildman–Crippen LogP) is 4.28. The molecule has 0 bridgehead atoms. The molecule has 0 radical (unpaired) electrons. The van der Waals surface area contributed by atoms with Gasteiger partial charge in [-0.3, -0.25) is 9.36 Å². The van der Waals surface area contributed by atoms with E-state index in [0.29, 0.717) is 23.7 Å². The van der Waals surface area contributed by atoms with Crippen LogP contribution in [0.2, 0.25) is 0 Å². The summed E-state index contributed by atoms with van der Waals surface area (Å²) in [6.07, 6.45) is -8.06. The van der Waals surface area contributed by atoms with Gasteiger partial charge in [0.2, 0.25) is 0 Å². The second kappa shape index (κ2) is 10.0. The van der Waals surface area contributed by atoms with Gasteiger partial charge in [0.25, 0.3) is 5.91 Å². The molecule has 0 aliphatic carbocycles. The van der Waals surface area contributed by atoms with Gasteiger partial charge in [-0.2, -0.15) is 17.9 Å². The van der Waals surface area contributed by atoms with Gasteiger partial charge in [-0.1, -0.05) is 6.07 Å². The smallest absolute Gasteiger partial charge is 0.425 e. The molecule has 36 heavy (non-hydrogen) atoms. The fourth-order valence-electron chi connectivity index (χ4n) is 3.10. The fourth-order valence-corrected chi connectivity index (χ4v) is 3.10. The van der Waals surface area contributed by atoms with Gasteiger partial charge in [-0.15, -0.1) is 5.10 Å². The minimum absolute atomic E-state index is 0.0740. The van der Waals surface area contributed by atoms with Crippen LogP contribution in [-0.2, 0) is 11.8 Å². The maximum atomic E-state index is 15.1. The molecule has 0 saturated carbocycles. The first kappa shape index (κ1) is 26.8. The zero-order chi connectivity index (χ0) is 26.9. The third kappa shape index (κ3) is 5.22. The lowest BCUT2D eigenvalue weighted by molar-refractivity contribution is -0.189. The normalized spacial score (nSPS) is 13.4. The third-order valence-electron chi connectivity index (χ3n) is 5.22. The first-order chi connectivity index (χ1) is 16.8. The Kier molecular flexibility index (Phi) is 7.48. The van der Waals surface area contributed by atoms with E-state index in [1.807, 2.05) is 5.32 Å². The number of para-hydroxylation sites is 1. The molecule has 1 aromatic heterocycles. The minimum atomic E-state index is -4.89. The van der Waals surface area contributed by atoms with E-state index in [4.69, 9.17) is 9.47 Å². The number of rotatable bonds is 7. The Bertz CT molecular complexity index is 1330. The maximum Gasteiger partial charge on any atom is 0.425 e. The van der Waals surface area contributed by atoms with Crippen molar-refractivity contribution in [3.05, 3.63) is 69.7 Å². The molecule has 0 aliphatic heterocycles. The SMILES string of the molecule is COC(C)c1nn(-c2cc(OC(C)C(F)(F)F)c(C(=O)Nc3c(F)cccc3F)cc2F)c(=O)n1C. The van der Waals surface area contributed by atoms with Crippen LogP contribution in [0.4, 0.5) is 32.0 Å². The second-order valence-corrected chi connectivity index (χ2v) is 7.64. The number of nitrogens with zero attached hydrogens (tertiary/aromatic N) is 3. The van der Waals surface area contributed by atoms with Gasteiger partial charge in [0.15, 0.2) is 11.9 Å². The molecular formula is C22H20F6N4O4. The summed E-state index contributed by atoms with van der Waals surface area (Å²) in [5.41, 5.74) is -3.22. The Morgan fingerprint density at radius 1 is 1.08 bits per heavy atom.